The number of nitrogens with zero attached hydrogens (tertiary/aromatic N) is 4. The van der Waals surface area contributed by atoms with Crippen molar-refractivity contribution in [3.63, 3.8) is 0 Å². The van der Waals surface area contributed by atoms with E-state index >= 15 is 0 Å². The highest BCUT2D eigenvalue weighted by molar-refractivity contribution is 5.99. The second kappa shape index (κ2) is 6.31. The molecule has 24 heavy (non-hydrogen) atoms. The van der Waals surface area contributed by atoms with Crippen molar-refractivity contribution < 1.29 is 9.32 Å². The van der Waals surface area contributed by atoms with Crippen LogP contribution in [0.3, 0.4) is 0 Å². The summed E-state index contributed by atoms with van der Waals surface area (Å²) in [6.45, 7) is 1.47. The Labute approximate surface area is 139 Å². The van der Waals surface area contributed by atoms with Gasteiger partial charge in [0, 0.05) is 24.5 Å². The summed E-state index contributed by atoms with van der Waals surface area (Å²) in [4.78, 5) is 15.0. The zero-order valence-corrected chi connectivity index (χ0v) is 13.2. The maximum atomic E-state index is 13.0. The van der Waals surface area contributed by atoms with Crippen molar-refractivity contribution in [2.24, 2.45) is 0 Å². The molecule has 0 bridgehead atoms. The summed E-state index contributed by atoms with van der Waals surface area (Å²) in [5.74, 6) is 0.509. The molecule has 1 aliphatic heterocycles. The second-order valence-corrected chi connectivity index (χ2v) is 5.96. The summed E-state index contributed by atoms with van der Waals surface area (Å²) >= 11 is 0. The molecule has 1 aromatic carbocycles. The van der Waals surface area contributed by atoms with Gasteiger partial charge in [0.2, 0.25) is 0 Å². The molecule has 1 aliphatic rings. The average Bonchev–Trinajstić information content (AvgIpc) is 3.37. The summed E-state index contributed by atoms with van der Waals surface area (Å²) in [6.07, 6.45) is 7.19. The fourth-order valence-corrected chi connectivity index (χ4v) is 3.26. The molecule has 122 valence electrons. The standard InChI is InChI=1S/C18H18N4O2/c23-18(16-12-20-24-17(16)14-6-2-1-3-7-14)22-11-4-8-15(22)13-21-10-5-9-19-21/h1-3,5-7,9-10,12,15H,4,8,11,13H2/t15-/m1/s1. The van der Waals surface area contributed by atoms with E-state index in [1.54, 1.807) is 6.20 Å². The highest BCUT2D eigenvalue weighted by atomic mass is 16.5. The van der Waals surface area contributed by atoms with Gasteiger partial charge in [-0.25, -0.2) is 0 Å². The lowest BCUT2D eigenvalue weighted by Crippen LogP contribution is -2.38. The smallest absolute Gasteiger partial charge is 0.259 e. The van der Waals surface area contributed by atoms with E-state index in [-0.39, 0.29) is 11.9 Å². The molecular formula is C18H18N4O2. The number of rotatable bonds is 4. The molecule has 0 aliphatic carbocycles. The van der Waals surface area contributed by atoms with Crippen molar-refractivity contribution in [2.75, 3.05) is 6.54 Å². The minimum Gasteiger partial charge on any atom is -0.355 e. The molecule has 6 heteroatoms. The molecule has 1 saturated heterocycles. The van der Waals surface area contributed by atoms with Crippen LogP contribution in [0.5, 0.6) is 0 Å². The zero-order valence-electron chi connectivity index (χ0n) is 13.2. The van der Waals surface area contributed by atoms with Gasteiger partial charge in [-0.3, -0.25) is 9.48 Å². The van der Waals surface area contributed by atoms with Crippen LogP contribution in [0.1, 0.15) is 23.2 Å². The summed E-state index contributed by atoms with van der Waals surface area (Å²) in [7, 11) is 0. The van der Waals surface area contributed by atoms with Crippen LogP contribution >= 0.6 is 0 Å². The molecule has 2 aromatic heterocycles. The lowest BCUT2D eigenvalue weighted by Gasteiger charge is -2.24. The minimum atomic E-state index is -0.0234. The Balaban J connectivity index is 1.59. The summed E-state index contributed by atoms with van der Waals surface area (Å²) in [5.41, 5.74) is 1.38. The molecule has 1 amide bonds. The Morgan fingerprint density at radius 2 is 2.12 bits per heavy atom. The Bertz CT molecular complexity index is 811. The first-order chi connectivity index (χ1) is 11.8. The van der Waals surface area contributed by atoms with Gasteiger partial charge in [-0.1, -0.05) is 35.5 Å². The summed E-state index contributed by atoms with van der Waals surface area (Å²) < 4.78 is 7.23. The number of likely N-dealkylation sites (tertiary alicyclic amines) is 1. The molecule has 1 atom stereocenters. The molecule has 3 aromatic rings. The van der Waals surface area contributed by atoms with Gasteiger partial charge in [-0.2, -0.15) is 5.10 Å². The van der Waals surface area contributed by atoms with Gasteiger partial charge in [0.1, 0.15) is 5.56 Å². The monoisotopic (exact) mass is 322 g/mol. The van der Waals surface area contributed by atoms with Gasteiger partial charge in [0.05, 0.1) is 18.8 Å². The molecule has 0 spiro atoms. The van der Waals surface area contributed by atoms with Crippen LogP contribution in [0.25, 0.3) is 11.3 Å². The predicted molar refractivity (Wildman–Crippen MR) is 88.2 cm³/mol. The van der Waals surface area contributed by atoms with Crippen LogP contribution in [-0.4, -0.2) is 38.3 Å². The number of hydrogen-bond acceptors (Lipinski definition) is 4. The van der Waals surface area contributed by atoms with Gasteiger partial charge in [0.25, 0.3) is 5.91 Å². The van der Waals surface area contributed by atoms with E-state index in [4.69, 9.17) is 4.52 Å². The molecule has 1 fully saturated rings. The molecular weight excluding hydrogens is 304 g/mol. The first-order valence-corrected chi connectivity index (χ1v) is 8.11. The third-order valence-corrected chi connectivity index (χ3v) is 4.43. The van der Waals surface area contributed by atoms with Crippen molar-refractivity contribution in [3.8, 4) is 11.3 Å². The van der Waals surface area contributed by atoms with Crippen molar-refractivity contribution in [1.82, 2.24) is 19.8 Å². The molecule has 0 radical (unpaired) electrons. The van der Waals surface area contributed by atoms with Gasteiger partial charge in [0.15, 0.2) is 5.76 Å². The van der Waals surface area contributed by atoms with E-state index < -0.39 is 0 Å². The van der Waals surface area contributed by atoms with Crippen molar-refractivity contribution in [1.29, 1.82) is 0 Å². The van der Waals surface area contributed by atoms with Crippen LogP contribution in [0.2, 0.25) is 0 Å². The van der Waals surface area contributed by atoms with E-state index in [0.717, 1.165) is 24.9 Å². The van der Waals surface area contributed by atoms with E-state index in [1.165, 1.54) is 6.20 Å². The number of aromatic nitrogens is 3. The third kappa shape index (κ3) is 2.71. The quantitative estimate of drug-likeness (QED) is 0.741. The largest absolute Gasteiger partial charge is 0.355 e. The lowest BCUT2D eigenvalue weighted by molar-refractivity contribution is 0.0722. The average molecular weight is 322 g/mol. The molecule has 0 N–H and O–H groups in total. The topological polar surface area (TPSA) is 64.2 Å². The van der Waals surface area contributed by atoms with Crippen molar-refractivity contribution in [3.05, 3.63) is 60.6 Å². The number of benzene rings is 1. The highest BCUT2D eigenvalue weighted by Gasteiger charge is 2.32. The second-order valence-electron chi connectivity index (χ2n) is 5.96. The SMILES string of the molecule is O=C(c1cnoc1-c1ccccc1)N1CCC[C@@H]1Cn1cccn1. The number of carbonyl (C=O) groups excluding carboxylic acids is 1. The van der Waals surface area contributed by atoms with Gasteiger partial charge >= 0.3 is 0 Å². The van der Waals surface area contributed by atoms with Crippen LogP contribution in [0.4, 0.5) is 0 Å². The van der Waals surface area contributed by atoms with Crippen LogP contribution in [0, 0.1) is 0 Å². The third-order valence-electron chi connectivity index (χ3n) is 4.43. The van der Waals surface area contributed by atoms with Crippen LogP contribution in [-0.2, 0) is 6.54 Å². The fraction of sp³-hybridized carbons (Fsp3) is 0.278. The lowest BCUT2D eigenvalue weighted by atomic mass is 10.1. The highest BCUT2D eigenvalue weighted by Crippen LogP contribution is 2.27. The first-order valence-electron chi connectivity index (χ1n) is 8.11. The maximum Gasteiger partial charge on any atom is 0.259 e. The molecule has 0 unspecified atom stereocenters. The molecule has 4 rings (SSSR count). The van der Waals surface area contributed by atoms with E-state index in [9.17, 15) is 4.79 Å². The Morgan fingerprint density at radius 1 is 1.25 bits per heavy atom. The fourth-order valence-electron chi connectivity index (χ4n) is 3.26. The molecule has 6 nitrogen and oxygen atoms in total. The van der Waals surface area contributed by atoms with Crippen molar-refractivity contribution in [2.45, 2.75) is 25.4 Å². The zero-order chi connectivity index (χ0) is 16.4. The number of carbonyl (C=O) groups is 1. The predicted octanol–water partition coefficient (Wildman–Crippen LogP) is 2.84. The Morgan fingerprint density at radius 3 is 2.92 bits per heavy atom. The van der Waals surface area contributed by atoms with E-state index in [2.05, 4.69) is 10.3 Å². The van der Waals surface area contributed by atoms with Crippen LogP contribution in [0.15, 0.2) is 59.5 Å². The molecule has 3 heterocycles. The van der Waals surface area contributed by atoms with Crippen molar-refractivity contribution >= 4 is 5.91 Å². The Hall–Kier alpha value is -2.89. The van der Waals surface area contributed by atoms with E-state index in [0.29, 0.717) is 17.9 Å². The number of amides is 1. The van der Waals surface area contributed by atoms with E-state index in [1.807, 2.05) is 52.2 Å². The first kappa shape index (κ1) is 14.7. The van der Waals surface area contributed by atoms with Gasteiger partial charge in [-0.15, -0.1) is 0 Å². The Kier molecular flexibility index (Phi) is 3.86. The molecule has 0 saturated carbocycles. The van der Waals surface area contributed by atoms with Gasteiger partial charge in [-0.05, 0) is 18.9 Å². The summed E-state index contributed by atoms with van der Waals surface area (Å²) in [5, 5.41) is 8.10. The van der Waals surface area contributed by atoms with Crippen LogP contribution < -0.4 is 0 Å². The maximum absolute atomic E-state index is 13.0. The normalized spacial score (nSPS) is 17.3. The summed E-state index contributed by atoms with van der Waals surface area (Å²) in [6, 6.07) is 11.7. The number of hydrogen-bond donors (Lipinski definition) is 0. The minimum absolute atomic E-state index is 0.0234. The van der Waals surface area contributed by atoms with Gasteiger partial charge < -0.3 is 9.42 Å².